The van der Waals surface area contributed by atoms with Crippen molar-refractivity contribution in [1.82, 2.24) is 9.55 Å². The number of nitrogens with zero attached hydrogens (tertiary/aromatic N) is 2. The average molecular weight is 374 g/mol. The Morgan fingerprint density at radius 2 is 2.11 bits per heavy atom. The molecule has 7 nitrogen and oxygen atoms in total. The number of methoxy groups -OCH3 is 1. The Kier molecular flexibility index (Phi) is 6.11. The number of quaternary nitrogens is 1. The maximum Gasteiger partial charge on any atom is 0.312 e. The van der Waals surface area contributed by atoms with Crippen molar-refractivity contribution in [2.24, 2.45) is 5.41 Å². The van der Waals surface area contributed by atoms with Gasteiger partial charge in [0.05, 0.1) is 49.5 Å². The smallest absolute Gasteiger partial charge is 0.312 e. The Hall–Kier alpha value is -2.41. The summed E-state index contributed by atoms with van der Waals surface area (Å²) in [5.41, 5.74) is 0.944. The molecule has 0 atom stereocenters. The Labute approximate surface area is 158 Å². The van der Waals surface area contributed by atoms with Crippen LogP contribution in [0.4, 0.5) is 0 Å². The fraction of sp³-hybridized carbons (Fsp3) is 0.550. The number of nitrogens with two attached hydrogens (primary N) is 1. The van der Waals surface area contributed by atoms with Gasteiger partial charge in [-0.1, -0.05) is 0 Å². The minimum atomic E-state index is -0.422. The highest BCUT2D eigenvalue weighted by Gasteiger charge is 2.41. The number of hydrogen-bond donors (Lipinski definition) is 1. The van der Waals surface area contributed by atoms with Crippen LogP contribution >= 0.6 is 0 Å². The molecular weight excluding hydrogens is 346 g/mol. The molecule has 1 aromatic carbocycles. The summed E-state index contributed by atoms with van der Waals surface area (Å²) in [5.74, 6) is 0.598. The molecule has 2 aromatic rings. The molecule has 7 heteroatoms. The largest absolute Gasteiger partial charge is 0.497 e. The second kappa shape index (κ2) is 8.52. The monoisotopic (exact) mass is 374 g/mol. The number of aromatic nitrogens is 2. The van der Waals surface area contributed by atoms with E-state index in [4.69, 9.17) is 9.47 Å². The van der Waals surface area contributed by atoms with Gasteiger partial charge in [-0.05, 0) is 31.9 Å². The van der Waals surface area contributed by atoms with Gasteiger partial charge >= 0.3 is 5.97 Å². The molecule has 2 N–H and O–H groups in total. The van der Waals surface area contributed by atoms with Gasteiger partial charge in [-0.25, -0.2) is 4.98 Å². The van der Waals surface area contributed by atoms with Gasteiger partial charge in [0, 0.05) is 25.5 Å². The van der Waals surface area contributed by atoms with Crippen LogP contribution in [0.3, 0.4) is 0 Å². The first-order chi connectivity index (χ1) is 13.1. The van der Waals surface area contributed by atoms with E-state index in [1.807, 2.05) is 25.1 Å². The van der Waals surface area contributed by atoms with Crippen LogP contribution in [-0.4, -0.2) is 42.3 Å². The summed E-state index contributed by atoms with van der Waals surface area (Å²) in [5, 5.41) is 2.24. The molecule has 0 spiro atoms. The van der Waals surface area contributed by atoms with E-state index in [2.05, 4.69) is 10.3 Å². The van der Waals surface area contributed by atoms with Crippen molar-refractivity contribution in [2.75, 3.05) is 26.8 Å². The molecule has 0 radical (unpaired) electrons. The molecule has 0 aliphatic carbocycles. The second-order valence-corrected chi connectivity index (χ2v) is 7.07. The standard InChI is InChI=1S/C20H27N3O4/c1-3-27-19(25)20(8-10-21-11-9-20)7-4-12-23-17-13-15(26-2)5-6-16(17)22-14-18(23)24/h5-6,13-14,21H,3-4,7-12H2,1-2H3/p+1. The molecule has 0 unspecified atom stereocenters. The SMILES string of the molecule is CCOC(=O)C1(CCCn2c(=O)cnc3ccc(OC)cc32)CC[NH2+]CC1. The van der Waals surface area contributed by atoms with E-state index >= 15 is 0 Å². The number of aryl methyl sites for hydroxylation is 1. The van der Waals surface area contributed by atoms with Crippen LogP contribution in [0, 0.1) is 5.41 Å². The Balaban J connectivity index is 1.80. The van der Waals surface area contributed by atoms with Crippen LogP contribution in [0.2, 0.25) is 0 Å². The number of carbonyl (C=O) groups excluding carboxylic acids is 1. The number of piperidine rings is 1. The summed E-state index contributed by atoms with van der Waals surface area (Å²) in [6, 6.07) is 5.51. The normalized spacial score (nSPS) is 16.2. The Bertz CT molecular complexity index is 856. The van der Waals surface area contributed by atoms with Crippen LogP contribution in [0.5, 0.6) is 5.75 Å². The first-order valence-electron chi connectivity index (χ1n) is 9.62. The van der Waals surface area contributed by atoms with Crippen LogP contribution in [-0.2, 0) is 16.1 Å². The molecule has 0 bridgehead atoms. The average Bonchev–Trinajstić information content (AvgIpc) is 2.70. The van der Waals surface area contributed by atoms with Crippen LogP contribution in [0.1, 0.15) is 32.6 Å². The van der Waals surface area contributed by atoms with Crippen molar-refractivity contribution in [3.05, 3.63) is 34.7 Å². The molecule has 0 saturated carbocycles. The fourth-order valence-corrected chi connectivity index (χ4v) is 3.94. The molecule has 1 aliphatic heterocycles. The van der Waals surface area contributed by atoms with Gasteiger partial charge < -0.3 is 19.4 Å². The van der Waals surface area contributed by atoms with Gasteiger partial charge in [-0.2, -0.15) is 0 Å². The second-order valence-electron chi connectivity index (χ2n) is 7.07. The van der Waals surface area contributed by atoms with E-state index in [9.17, 15) is 9.59 Å². The van der Waals surface area contributed by atoms with E-state index in [0.717, 1.165) is 49.8 Å². The Morgan fingerprint density at radius 3 is 2.81 bits per heavy atom. The van der Waals surface area contributed by atoms with Crippen molar-refractivity contribution in [3.63, 3.8) is 0 Å². The molecule has 3 rings (SSSR count). The summed E-state index contributed by atoms with van der Waals surface area (Å²) < 4.78 is 12.4. The van der Waals surface area contributed by atoms with Crippen molar-refractivity contribution in [2.45, 2.75) is 39.2 Å². The summed E-state index contributed by atoms with van der Waals surface area (Å²) in [6.07, 6.45) is 4.46. The maximum absolute atomic E-state index is 12.6. The lowest BCUT2D eigenvalue weighted by molar-refractivity contribution is -0.667. The van der Waals surface area contributed by atoms with Crippen molar-refractivity contribution in [3.8, 4) is 5.75 Å². The van der Waals surface area contributed by atoms with Gasteiger partial charge in [0.15, 0.2) is 0 Å². The zero-order chi connectivity index (χ0) is 19.3. The lowest BCUT2D eigenvalue weighted by Crippen LogP contribution is -2.87. The van der Waals surface area contributed by atoms with Crippen molar-refractivity contribution in [1.29, 1.82) is 0 Å². The van der Waals surface area contributed by atoms with Gasteiger partial charge in [0.2, 0.25) is 0 Å². The van der Waals surface area contributed by atoms with E-state index in [1.165, 1.54) is 6.20 Å². The number of hydrogen-bond acceptors (Lipinski definition) is 5. The number of ether oxygens (including phenoxy) is 2. The first kappa shape index (κ1) is 19.4. The summed E-state index contributed by atoms with van der Waals surface area (Å²) in [7, 11) is 1.60. The van der Waals surface area contributed by atoms with Gasteiger partial charge in [-0.3, -0.25) is 9.59 Å². The van der Waals surface area contributed by atoms with E-state index in [-0.39, 0.29) is 11.5 Å². The third kappa shape index (κ3) is 4.13. The molecule has 1 aromatic heterocycles. The highest BCUT2D eigenvalue weighted by Crippen LogP contribution is 2.34. The quantitative estimate of drug-likeness (QED) is 0.733. The van der Waals surface area contributed by atoms with Crippen molar-refractivity contribution < 1.29 is 19.6 Å². The molecule has 146 valence electrons. The molecule has 1 aliphatic rings. The zero-order valence-corrected chi connectivity index (χ0v) is 16.1. The molecule has 27 heavy (non-hydrogen) atoms. The highest BCUT2D eigenvalue weighted by molar-refractivity contribution is 5.77. The minimum absolute atomic E-state index is 0.0910. The molecular formula is C20H28N3O4+. The first-order valence-corrected chi connectivity index (χ1v) is 9.62. The van der Waals surface area contributed by atoms with Crippen LogP contribution in [0.25, 0.3) is 11.0 Å². The lowest BCUT2D eigenvalue weighted by atomic mass is 9.75. The summed E-state index contributed by atoms with van der Waals surface area (Å²) >= 11 is 0. The van der Waals surface area contributed by atoms with Gasteiger partial charge in [0.25, 0.3) is 5.56 Å². The number of rotatable bonds is 7. The highest BCUT2D eigenvalue weighted by atomic mass is 16.5. The minimum Gasteiger partial charge on any atom is -0.497 e. The Morgan fingerprint density at radius 1 is 1.33 bits per heavy atom. The predicted molar refractivity (Wildman–Crippen MR) is 102 cm³/mol. The maximum atomic E-state index is 12.6. The molecule has 0 amide bonds. The molecule has 1 saturated heterocycles. The third-order valence-electron chi connectivity index (χ3n) is 5.45. The lowest BCUT2D eigenvalue weighted by Gasteiger charge is -2.33. The summed E-state index contributed by atoms with van der Waals surface area (Å²) in [4.78, 5) is 29.2. The van der Waals surface area contributed by atoms with Crippen LogP contribution in [0.15, 0.2) is 29.2 Å². The van der Waals surface area contributed by atoms with Crippen molar-refractivity contribution >= 4 is 17.0 Å². The molecule has 2 heterocycles. The van der Waals surface area contributed by atoms with Gasteiger partial charge in [0.1, 0.15) is 5.75 Å². The number of carbonyl (C=O) groups is 1. The third-order valence-corrected chi connectivity index (χ3v) is 5.45. The fourth-order valence-electron chi connectivity index (χ4n) is 3.94. The zero-order valence-electron chi connectivity index (χ0n) is 16.1. The topological polar surface area (TPSA) is 87.0 Å². The van der Waals surface area contributed by atoms with Crippen LogP contribution < -0.4 is 15.6 Å². The van der Waals surface area contributed by atoms with E-state index in [1.54, 1.807) is 11.7 Å². The summed E-state index contributed by atoms with van der Waals surface area (Å²) in [6.45, 7) is 4.66. The predicted octanol–water partition coefficient (Wildman–Crippen LogP) is 1.09. The number of fused-ring (bicyclic) bond motifs is 1. The van der Waals surface area contributed by atoms with E-state index in [0.29, 0.717) is 18.9 Å². The number of benzene rings is 1. The van der Waals surface area contributed by atoms with Gasteiger partial charge in [-0.15, -0.1) is 0 Å². The molecule has 1 fully saturated rings. The van der Waals surface area contributed by atoms with E-state index < -0.39 is 5.41 Å². The number of esters is 1.